The van der Waals surface area contributed by atoms with Gasteiger partial charge in [0.05, 0.1) is 12.7 Å². The van der Waals surface area contributed by atoms with Gasteiger partial charge in [-0.05, 0) is 80.9 Å². The van der Waals surface area contributed by atoms with Crippen LogP contribution < -0.4 is 0 Å². The van der Waals surface area contributed by atoms with E-state index >= 15 is 0 Å². The maximum atomic E-state index is 14.9. The number of ketones is 1. The Hall–Kier alpha value is -0.600. The zero-order valence-corrected chi connectivity index (χ0v) is 24.3. The number of carbonyl (C=O) groups excluding carboxylic acids is 1. The molecule has 37 heavy (non-hydrogen) atoms. The van der Waals surface area contributed by atoms with Crippen molar-refractivity contribution in [3.05, 3.63) is 11.3 Å². The molecule has 0 radical (unpaired) electrons. The Morgan fingerprint density at radius 1 is 1.08 bits per heavy atom. The molecule has 4 aliphatic carbocycles. The number of aliphatic hydroxyl groups is 1. The van der Waals surface area contributed by atoms with Gasteiger partial charge in [0, 0.05) is 16.7 Å². The Bertz CT molecular complexity index is 1080. The molecule has 0 aromatic carbocycles. The molecule has 9 unspecified atom stereocenters. The molecule has 3 saturated carbocycles. The van der Waals surface area contributed by atoms with Crippen LogP contribution in [-0.4, -0.2) is 52.5 Å². The van der Waals surface area contributed by atoms with Gasteiger partial charge in [-0.1, -0.05) is 34.6 Å². The second kappa shape index (κ2) is 7.37. The molecule has 4 aliphatic heterocycles. The highest BCUT2D eigenvalue weighted by Crippen LogP contribution is 2.81. The van der Waals surface area contributed by atoms with Crippen LogP contribution in [0.3, 0.4) is 0 Å². The first kappa shape index (κ1) is 25.4. The number of hydrogen-bond acceptors (Lipinski definition) is 7. The van der Waals surface area contributed by atoms with Crippen molar-refractivity contribution in [2.45, 2.75) is 116 Å². The van der Waals surface area contributed by atoms with Gasteiger partial charge in [-0.25, -0.2) is 0 Å². The molecular formula is C30H44O6S. The summed E-state index contributed by atoms with van der Waals surface area (Å²) in [6.45, 7) is 15.2. The van der Waals surface area contributed by atoms with Crippen LogP contribution in [0, 0.1) is 39.4 Å². The Morgan fingerprint density at radius 3 is 2.57 bits per heavy atom. The van der Waals surface area contributed by atoms with Gasteiger partial charge in [-0.2, -0.15) is 0 Å². The summed E-state index contributed by atoms with van der Waals surface area (Å²) in [5.41, 5.74) is -0.785. The van der Waals surface area contributed by atoms with Crippen molar-refractivity contribution in [2.24, 2.45) is 39.4 Å². The molecule has 4 heterocycles. The summed E-state index contributed by atoms with van der Waals surface area (Å²) < 4.78 is 27.4. The lowest BCUT2D eigenvalue weighted by molar-refractivity contribution is -0.487. The molecule has 0 aromatic heterocycles. The highest BCUT2D eigenvalue weighted by Gasteiger charge is 2.90. The molecule has 6 fully saturated rings. The van der Waals surface area contributed by atoms with Crippen LogP contribution in [0.1, 0.15) is 87.0 Å². The maximum absolute atomic E-state index is 14.9. The van der Waals surface area contributed by atoms with E-state index < -0.39 is 33.9 Å². The minimum absolute atomic E-state index is 0.0579. The smallest absolute Gasteiger partial charge is 0.213 e. The Kier molecular flexibility index (Phi) is 5.05. The number of rotatable bonds is 2. The van der Waals surface area contributed by atoms with Crippen LogP contribution in [0.2, 0.25) is 0 Å². The van der Waals surface area contributed by atoms with Gasteiger partial charge in [-0.3, -0.25) is 4.79 Å². The van der Waals surface area contributed by atoms with Gasteiger partial charge in [0.15, 0.2) is 11.6 Å². The highest BCUT2D eigenvalue weighted by molar-refractivity contribution is 7.99. The molecule has 3 spiro atoms. The molecule has 0 aromatic rings. The molecule has 0 amide bonds. The van der Waals surface area contributed by atoms with E-state index in [1.165, 1.54) is 5.57 Å². The Labute approximate surface area is 225 Å². The molecule has 4 bridgehead atoms. The lowest BCUT2D eigenvalue weighted by Crippen LogP contribution is -2.82. The molecule has 6 nitrogen and oxygen atoms in total. The number of allylic oxidation sites excluding steroid dienone is 2. The van der Waals surface area contributed by atoms with E-state index in [1.54, 1.807) is 0 Å². The number of thioether (sulfide) groups is 1. The van der Waals surface area contributed by atoms with Crippen LogP contribution in [0.4, 0.5) is 0 Å². The quantitative estimate of drug-likeness (QED) is 0.509. The Morgan fingerprint density at radius 2 is 1.84 bits per heavy atom. The molecule has 8 aliphatic rings. The third-order valence-corrected chi connectivity index (χ3v) is 12.7. The van der Waals surface area contributed by atoms with E-state index in [1.807, 2.05) is 25.6 Å². The van der Waals surface area contributed by atoms with Crippen molar-refractivity contribution in [3.8, 4) is 0 Å². The number of Topliss-reactive ketones (excluding diaryl/α,β-unsaturated/α-hetero) is 1. The second-order valence-electron chi connectivity index (χ2n) is 14.6. The first-order chi connectivity index (χ1) is 17.3. The number of fused-ring (bicyclic) bond motifs is 2. The van der Waals surface area contributed by atoms with E-state index in [9.17, 15) is 9.90 Å². The molecular weight excluding hydrogens is 488 g/mol. The molecule has 9 atom stereocenters. The van der Waals surface area contributed by atoms with Crippen LogP contribution in [0.5, 0.6) is 0 Å². The summed E-state index contributed by atoms with van der Waals surface area (Å²) >= 11 is 1.87. The van der Waals surface area contributed by atoms with E-state index in [0.717, 1.165) is 50.0 Å². The van der Waals surface area contributed by atoms with Gasteiger partial charge in [0.2, 0.25) is 5.79 Å². The lowest BCUT2D eigenvalue weighted by atomic mass is 9.37. The zero-order chi connectivity index (χ0) is 26.4. The fourth-order valence-corrected chi connectivity index (χ4v) is 11.8. The minimum Gasteiger partial charge on any atom is -0.484 e. The predicted molar refractivity (Wildman–Crippen MR) is 140 cm³/mol. The second-order valence-corrected chi connectivity index (χ2v) is 16.0. The van der Waals surface area contributed by atoms with E-state index in [2.05, 4.69) is 34.6 Å². The molecule has 206 valence electrons. The first-order valence-corrected chi connectivity index (χ1v) is 15.6. The van der Waals surface area contributed by atoms with Gasteiger partial charge >= 0.3 is 0 Å². The van der Waals surface area contributed by atoms with Crippen molar-refractivity contribution in [2.75, 3.05) is 12.4 Å². The first-order valence-electron chi connectivity index (χ1n) is 14.6. The zero-order valence-electron chi connectivity index (χ0n) is 23.5. The summed E-state index contributed by atoms with van der Waals surface area (Å²) in [5, 5.41) is 12.7. The fraction of sp³-hybridized carbons (Fsp3) is 0.900. The molecule has 8 rings (SSSR count). The summed E-state index contributed by atoms with van der Waals surface area (Å²) in [7, 11) is 0. The highest BCUT2D eigenvalue weighted by atomic mass is 32.2. The van der Waals surface area contributed by atoms with Crippen molar-refractivity contribution in [1.82, 2.24) is 0 Å². The molecule has 1 N–H and O–H groups in total. The van der Waals surface area contributed by atoms with Crippen LogP contribution in [0.15, 0.2) is 11.3 Å². The van der Waals surface area contributed by atoms with Crippen LogP contribution in [-0.2, 0) is 23.7 Å². The van der Waals surface area contributed by atoms with E-state index in [-0.39, 0.29) is 40.5 Å². The third-order valence-electron chi connectivity index (χ3n) is 11.7. The summed E-state index contributed by atoms with van der Waals surface area (Å²) in [6.07, 6.45) is 4.21. The van der Waals surface area contributed by atoms with Crippen molar-refractivity contribution >= 4 is 17.5 Å². The SMILES string of the molecule is CCSC1CCC2=C(O1)C13CCOC4(OC(C)(C)OC5C6CCC1C54C(=O)C6(C)C)C(O)C3C(C)(C)C2. The van der Waals surface area contributed by atoms with E-state index in [0.29, 0.717) is 6.61 Å². The average molecular weight is 533 g/mol. The monoisotopic (exact) mass is 532 g/mol. The number of carbonyl (C=O) groups is 1. The van der Waals surface area contributed by atoms with Gasteiger partial charge < -0.3 is 24.1 Å². The van der Waals surface area contributed by atoms with Crippen LogP contribution >= 0.6 is 11.8 Å². The Balaban J connectivity index is 1.54. The largest absolute Gasteiger partial charge is 0.484 e. The number of aliphatic hydroxyl groups excluding tert-OH is 1. The third kappa shape index (κ3) is 2.68. The van der Waals surface area contributed by atoms with Gasteiger partial charge in [0.1, 0.15) is 22.7 Å². The minimum atomic E-state index is -1.42. The topological polar surface area (TPSA) is 74.2 Å². The van der Waals surface area contributed by atoms with Crippen LogP contribution in [0.25, 0.3) is 0 Å². The number of hydrogen-bond donors (Lipinski definition) is 1. The lowest BCUT2D eigenvalue weighted by Gasteiger charge is -2.72. The van der Waals surface area contributed by atoms with Crippen molar-refractivity contribution in [3.63, 3.8) is 0 Å². The van der Waals surface area contributed by atoms with E-state index in [4.69, 9.17) is 18.9 Å². The average Bonchev–Trinajstić information content (AvgIpc) is 2.95. The normalized spacial score (nSPS) is 52.1. The maximum Gasteiger partial charge on any atom is 0.213 e. The summed E-state index contributed by atoms with van der Waals surface area (Å²) in [6, 6.07) is 0. The van der Waals surface area contributed by atoms with Gasteiger partial charge in [0.25, 0.3) is 0 Å². The standard InChI is InChI=1S/C30H44O6S/c1-8-37-19-12-9-16-15-25(2,3)20-21(31)30-29-18(28(20,13-14-33-30)22(16)34-19)11-10-17(26(4,5)24(29)32)23(29)35-27(6,7)36-30/h17-21,23,31H,8-15H2,1-7H3. The van der Waals surface area contributed by atoms with Gasteiger partial charge in [-0.15, -0.1) is 11.8 Å². The van der Waals surface area contributed by atoms with Crippen molar-refractivity contribution in [1.29, 1.82) is 0 Å². The molecule has 7 heteroatoms. The fourth-order valence-electron chi connectivity index (χ4n) is 10.9. The molecule has 3 saturated heterocycles. The summed E-state index contributed by atoms with van der Waals surface area (Å²) in [5.74, 6) is -0.249. The summed E-state index contributed by atoms with van der Waals surface area (Å²) in [4.78, 5) is 14.9. The number of ether oxygens (including phenoxy) is 4. The van der Waals surface area contributed by atoms with Crippen molar-refractivity contribution < 1.29 is 28.8 Å². The predicted octanol–water partition coefficient (Wildman–Crippen LogP) is 5.43.